The van der Waals surface area contributed by atoms with Gasteiger partial charge in [0.05, 0.1) is 7.11 Å². The Labute approximate surface area is 188 Å². The number of hydrogen-bond acceptors (Lipinski definition) is 4. The molecule has 2 rings (SSSR count). The zero-order chi connectivity index (χ0) is 22.3. The minimum absolute atomic E-state index is 0.0364. The molecule has 0 saturated heterocycles. The molecule has 0 aliphatic rings. The van der Waals surface area contributed by atoms with Crippen LogP contribution >= 0.6 is 27.5 Å². The van der Waals surface area contributed by atoms with Crippen molar-refractivity contribution < 1.29 is 19.1 Å². The first-order valence-corrected chi connectivity index (χ1v) is 10.3. The Morgan fingerprint density at radius 3 is 2.47 bits per heavy atom. The van der Waals surface area contributed by atoms with E-state index >= 15 is 0 Å². The summed E-state index contributed by atoms with van der Waals surface area (Å²) < 4.78 is 6.20. The number of rotatable bonds is 9. The van der Waals surface area contributed by atoms with Gasteiger partial charge >= 0.3 is 0 Å². The number of primary amides is 1. The van der Waals surface area contributed by atoms with Crippen LogP contribution in [0.15, 0.2) is 46.9 Å². The lowest BCUT2D eigenvalue weighted by molar-refractivity contribution is -0.132. The summed E-state index contributed by atoms with van der Waals surface area (Å²) in [6.07, 6.45) is 0.0544. The molecule has 0 spiro atoms. The minimum Gasteiger partial charge on any atom is -0.496 e. The molecule has 3 N–H and O–H groups in total. The number of carbonyl (C=O) groups is 3. The maximum atomic E-state index is 13.1. The van der Waals surface area contributed by atoms with Gasteiger partial charge in [0.2, 0.25) is 11.8 Å². The van der Waals surface area contributed by atoms with E-state index in [-0.39, 0.29) is 25.3 Å². The van der Waals surface area contributed by atoms with Crippen molar-refractivity contribution >= 4 is 45.3 Å². The van der Waals surface area contributed by atoms with Crippen LogP contribution in [0, 0.1) is 0 Å². The van der Waals surface area contributed by atoms with E-state index in [2.05, 4.69) is 21.2 Å². The average molecular weight is 497 g/mol. The van der Waals surface area contributed by atoms with Crippen molar-refractivity contribution in [2.45, 2.75) is 25.4 Å². The second-order valence-corrected chi connectivity index (χ2v) is 8.04. The predicted octanol–water partition coefficient (Wildman–Crippen LogP) is 3.13. The summed E-state index contributed by atoms with van der Waals surface area (Å²) in [5.74, 6) is -0.704. The number of halogens is 2. The number of carbonyl (C=O) groups excluding carboxylic acids is 3. The molecule has 0 heterocycles. The van der Waals surface area contributed by atoms with Gasteiger partial charge in [-0.05, 0) is 48.9 Å². The smallest absolute Gasteiger partial charge is 0.251 e. The molecule has 0 unspecified atom stereocenters. The van der Waals surface area contributed by atoms with E-state index < -0.39 is 17.9 Å². The van der Waals surface area contributed by atoms with Gasteiger partial charge in [-0.1, -0.05) is 27.5 Å². The van der Waals surface area contributed by atoms with Crippen LogP contribution in [-0.4, -0.2) is 42.8 Å². The molecule has 0 saturated carbocycles. The maximum absolute atomic E-state index is 13.1. The van der Waals surface area contributed by atoms with Crippen molar-refractivity contribution in [3.63, 3.8) is 0 Å². The second-order valence-electron chi connectivity index (χ2n) is 6.69. The largest absolute Gasteiger partial charge is 0.496 e. The lowest BCUT2D eigenvalue weighted by Crippen LogP contribution is -2.47. The SMILES string of the molecule is COc1ccc(Br)cc1CN(C)C(=O)[C@H](CCC(N)=O)NC(=O)c1ccc(Cl)cc1. The van der Waals surface area contributed by atoms with Crippen LogP contribution in [-0.2, 0) is 16.1 Å². The number of likely N-dealkylation sites (N-methyl/N-ethyl adjacent to an activating group) is 1. The van der Waals surface area contributed by atoms with Gasteiger partial charge in [-0.15, -0.1) is 0 Å². The molecule has 160 valence electrons. The van der Waals surface area contributed by atoms with E-state index in [9.17, 15) is 14.4 Å². The summed E-state index contributed by atoms with van der Waals surface area (Å²) in [6.45, 7) is 0.255. The lowest BCUT2D eigenvalue weighted by atomic mass is 10.1. The quantitative estimate of drug-likeness (QED) is 0.557. The van der Waals surface area contributed by atoms with E-state index in [1.165, 1.54) is 4.90 Å². The number of ether oxygens (including phenoxy) is 1. The summed E-state index contributed by atoms with van der Waals surface area (Å²) in [5, 5.41) is 3.19. The zero-order valence-corrected chi connectivity index (χ0v) is 19.0. The Hall–Kier alpha value is -2.58. The Kier molecular flexibility index (Phi) is 8.68. The van der Waals surface area contributed by atoms with Crippen LogP contribution in [0.25, 0.3) is 0 Å². The van der Waals surface area contributed by atoms with E-state index in [1.54, 1.807) is 44.5 Å². The van der Waals surface area contributed by atoms with Crippen molar-refractivity contribution in [2.24, 2.45) is 5.73 Å². The maximum Gasteiger partial charge on any atom is 0.251 e. The highest BCUT2D eigenvalue weighted by Crippen LogP contribution is 2.24. The molecule has 9 heteroatoms. The second kappa shape index (κ2) is 11.0. The van der Waals surface area contributed by atoms with Crippen molar-refractivity contribution in [1.82, 2.24) is 10.2 Å². The van der Waals surface area contributed by atoms with Crippen LogP contribution in [0.3, 0.4) is 0 Å². The molecule has 30 heavy (non-hydrogen) atoms. The molecule has 1 atom stereocenters. The molecular weight excluding hydrogens is 474 g/mol. The summed E-state index contributed by atoms with van der Waals surface area (Å²) in [6, 6.07) is 10.9. The summed E-state index contributed by atoms with van der Waals surface area (Å²) >= 11 is 9.26. The number of benzene rings is 2. The highest BCUT2D eigenvalue weighted by Gasteiger charge is 2.25. The topological polar surface area (TPSA) is 102 Å². The molecule has 2 aromatic rings. The molecule has 3 amide bonds. The number of hydrogen-bond donors (Lipinski definition) is 2. The molecule has 0 aliphatic carbocycles. The molecule has 0 bridgehead atoms. The first kappa shape index (κ1) is 23.7. The summed E-state index contributed by atoms with van der Waals surface area (Å²) in [5.41, 5.74) is 6.39. The number of methoxy groups -OCH3 is 1. The van der Waals surface area contributed by atoms with Gasteiger partial charge in [-0.2, -0.15) is 0 Å². The summed E-state index contributed by atoms with van der Waals surface area (Å²) in [4.78, 5) is 38.3. The fourth-order valence-electron chi connectivity index (χ4n) is 2.86. The molecule has 0 aromatic heterocycles. The normalized spacial score (nSPS) is 11.5. The predicted molar refractivity (Wildman–Crippen MR) is 118 cm³/mol. The number of nitrogens with one attached hydrogen (secondary N) is 1. The molecule has 7 nitrogen and oxygen atoms in total. The third-order valence-electron chi connectivity index (χ3n) is 4.42. The van der Waals surface area contributed by atoms with Crippen LogP contribution in [0.5, 0.6) is 5.75 Å². The number of amides is 3. The van der Waals surface area contributed by atoms with Gasteiger partial charge in [0.15, 0.2) is 0 Å². The van der Waals surface area contributed by atoms with Crippen molar-refractivity contribution in [3.05, 3.63) is 63.1 Å². The monoisotopic (exact) mass is 495 g/mol. The number of nitrogens with zero attached hydrogens (tertiary/aromatic N) is 1. The third-order valence-corrected chi connectivity index (χ3v) is 5.16. The van der Waals surface area contributed by atoms with E-state index in [4.69, 9.17) is 22.1 Å². The fraction of sp³-hybridized carbons (Fsp3) is 0.286. The highest BCUT2D eigenvalue weighted by atomic mass is 79.9. The van der Waals surface area contributed by atoms with Crippen LogP contribution < -0.4 is 15.8 Å². The molecule has 2 aromatic carbocycles. The Morgan fingerprint density at radius 1 is 1.20 bits per heavy atom. The molecule has 0 fully saturated rings. The van der Waals surface area contributed by atoms with Gasteiger partial charge in [0.1, 0.15) is 11.8 Å². The number of nitrogens with two attached hydrogens (primary N) is 1. The van der Waals surface area contributed by atoms with Crippen molar-refractivity contribution in [2.75, 3.05) is 14.2 Å². The molecule has 0 aliphatic heterocycles. The first-order valence-electron chi connectivity index (χ1n) is 9.13. The van der Waals surface area contributed by atoms with E-state index in [0.29, 0.717) is 16.3 Å². The fourth-order valence-corrected chi connectivity index (χ4v) is 3.39. The van der Waals surface area contributed by atoms with Crippen LogP contribution in [0.1, 0.15) is 28.8 Å². The van der Waals surface area contributed by atoms with Gasteiger partial charge < -0.3 is 20.7 Å². The first-order chi connectivity index (χ1) is 14.2. The highest BCUT2D eigenvalue weighted by molar-refractivity contribution is 9.10. The lowest BCUT2D eigenvalue weighted by Gasteiger charge is -2.25. The minimum atomic E-state index is -0.913. The van der Waals surface area contributed by atoms with Gasteiger partial charge in [0, 0.05) is 40.6 Å². The van der Waals surface area contributed by atoms with E-state index in [1.807, 2.05) is 12.1 Å². The zero-order valence-electron chi connectivity index (χ0n) is 16.7. The third kappa shape index (κ3) is 6.74. The van der Waals surface area contributed by atoms with Crippen molar-refractivity contribution in [3.8, 4) is 5.75 Å². The van der Waals surface area contributed by atoms with Gasteiger partial charge in [-0.25, -0.2) is 0 Å². The Morgan fingerprint density at radius 2 is 1.87 bits per heavy atom. The van der Waals surface area contributed by atoms with Gasteiger partial charge in [0.25, 0.3) is 5.91 Å². The summed E-state index contributed by atoms with van der Waals surface area (Å²) in [7, 11) is 3.17. The van der Waals surface area contributed by atoms with E-state index in [0.717, 1.165) is 10.0 Å². The van der Waals surface area contributed by atoms with Crippen LogP contribution in [0.2, 0.25) is 5.02 Å². The molecule has 0 radical (unpaired) electrons. The van der Waals surface area contributed by atoms with Crippen molar-refractivity contribution in [1.29, 1.82) is 0 Å². The average Bonchev–Trinajstić information content (AvgIpc) is 2.71. The standard InChI is InChI=1S/C21H23BrClN3O4/c1-26(12-14-11-15(22)5-9-18(14)30-2)21(29)17(8-10-19(24)27)25-20(28)13-3-6-16(23)7-4-13/h3-7,9,11,17H,8,10,12H2,1-2H3,(H2,24,27)(H,25,28)/t17-/m0/s1. The Balaban J connectivity index is 2.17. The van der Waals surface area contributed by atoms with Gasteiger partial charge in [-0.3, -0.25) is 14.4 Å². The van der Waals surface area contributed by atoms with Crippen LogP contribution in [0.4, 0.5) is 0 Å². The Bertz CT molecular complexity index is 921. The molecular formula is C21H23BrClN3O4.